The molecule has 31 heavy (non-hydrogen) atoms. The van der Waals surface area contributed by atoms with Crippen molar-refractivity contribution in [2.45, 2.75) is 0 Å². The topological polar surface area (TPSA) is 88.7 Å². The third-order valence-electron chi connectivity index (χ3n) is 4.07. The van der Waals surface area contributed by atoms with Gasteiger partial charge < -0.3 is 0 Å². The largest absolute Gasteiger partial charge is 0.273 e. The van der Waals surface area contributed by atoms with Crippen molar-refractivity contribution < 1.29 is 9.72 Å². The van der Waals surface area contributed by atoms with Gasteiger partial charge in [0.05, 0.1) is 21.4 Å². The zero-order chi connectivity index (χ0) is 21.8. The molecule has 0 aliphatic heterocycles. The van der Waals surface area contributed by atoms with Crippen LogP contribution >= 0.6 is 38.6 Å². The molecule has 7 nitrogen and oxygen atoms in total. The molecule has 2 aromatic heterocycles. The van der Waals surface area contributed by atoms with Crippen molar-refractivity contribution in [3.63, 3.8) is 0 Å². The lowest BCUT2D eigenvalue weighted by Gasteiger charge is -2.10. The van der Waals surface area contributed by atoms with Crippen LogP contribution in [0.15, 0.2) is 75.6 Å². The first-order valence-electron chi connectivity index (χ1n) is 8.90. The first-order chi connectivity index (χ1) is 15.0. The maximum Gasteiger partial charge on any atom is 0.273 e. The van der Waals surface area contributed by atoms with E-state index in [1.807, 2.05) is 35.7 Å². The van der Waals surface area contributed by atoms with Gasteiger partial charge in [-0.3, -0.25) is 14.9 Å². The molecular formula is C21H13BrN4O3S2. The van der Waals surface area contributed by atoms with Crippen LogP contribution in [-0.2, 0) is 4.79 Å². The van der Waals surface area contributed by atoms with E-state index < -0.39 is 10.8 Å². The predicted molar refractivity (Wildman–Crippen MR) is 129 cm³/mol. The molecular weight excluding hydrogens is 500 g/mol. The van der Waals surface area contributed by atoms with E-state index in [2.05, 4.69) is 26.0 Å². The molecule has 0 saturated heterocycles. The Morgan fingerprint density at radius 3 is 2.84 bits per heavy atom. The molecule has 2 aromatic carbocycles. The number of thiazole rings is 1. The second kappa shape index (κ2) is 9.29. The molecule has 0 aliphatic rings. The SMILES string of the molecule is O=C(/C=C/c1cccc([N+](=O)[O-])c1)N(/N=C/c1cccs1)c1nc2ccc(Br)cc2s1. The van der Waals surface area contributed by atoms with Crippen LogP contribution in [0.1, 0.15) is 10.4 Å². The number of thiophene rings is 1. The second-order valence-corrected chi connectivity index (χ2v) is 9.11. The Labute approximate surface area is 193 Å². The third-order valence-corrected chi connectivity index (χ3v) is 6.37. The number of hydrogen-bond acceptors (Lipinski definition) is 7. The van der Waals surface area contributed by atoms with Gasteiger partial charge in [-0.15, -0.1) is 11.3 Å². The molecule has 0 spiro atoms. The number of amides is 1. The minimum Gasteiger partial charge on any atom is -0.267 e. The smallest absolute Gasteiger partial charge is 0.267 e. The Kier molecular flexibility index (Phi) is 6.31. The molecule has 0 saturated carbocycles. The molecule has 0 bridgehead atoms. The molecule has 154 valence electrons. The highest BCUT2D eigenvalue weighted by Gasteiger charge is 2.17. The maximum absolute atomic E-state index is 13.0. The van der Waals surface area contributed by atoms with Crippen molar-refractivity contribution in [3.05, 3.63) is 91.1 Å². The number of carbonyl (C=O) groups is 1. The normalized spacial score (nSPS) is 11.5. The lowest BCUT2D eigenvalue weighted by Crippen LogP contribution is -2.23. The van der Waals surface area contributed by atoms with Gasteiger partial charge in [0.1, 0.15) is 0 Å². The van der Waals surface area contributed by atoms with E-state index >= 15 is 0 Å². The standard InChI is InChI=1S/C21H13BrN4O3S2/c22-15-7-8-18-19(12-15)31-21(24-18)25(23-13-17-5-2-10-30-17)20(27)9-6-14-3-1-4-16(11-14)26(28)29/h1-13H/b9-6+,23-13+. The number of fused-ring (bicyclic) bond motifs is 1. The summed E-state index contributed by atoms with van der Waals surface area (Å²) in [6.45, 7) is 0. The fourth-order valence-corrected chi connectivity index (χ4v) is 4.70. The monoisotopic (exact) mass is 512 g/mol. The first-order valence-corrected chi connectivity index (χ1v) is 11.4. The minimum absolute atomic E-state index is 0.0427. The molecule has 1 amide bonds. The quantitative estimate of drug-likeness (QED) is 0.135. The Morgan fingerprint density at radius 2 is 2.06 bits per heavy atom. The number of rotatable bonds is 6. The zero-order valence-corrected chi connectivity index (χ0v) is 18.9. The number of nitro groups is 1. The Morgan fingerprint density at radius 1 is 1.19 bits per heavy atom. The Hall–Kier alpha value is -3.21. The molecule has 4 aromatic rings. The zero-order valence-electron chi connectivity index (χ0n) is 15.7. The van der Waals surface area contributed by atoms with Gasteiger partial charge in [0.25, 0.3) is 11.6 Å². The number of hydrogen-bond donors (Lipinski definition) is 0. The van der Waals surface area contributed by atoms with E-state index in [9.17, 15) is 14.9 Å². The maximum atomic E-state index is 13.0. The summed E-state index contributed by atoms with van der Waals surface area (Å²) in [5, 5.41) is 18.9. The summed E-state index contributed by atoms with van der Waals surface area (Å²) in [6.07, 6.45) is 4.45. The molecule has 0 radical (unpaired) electrons. The molecule has 10 heteroatoms. The van der Waals surface area contributed by atoms with E-state index in [0.29, 0.717) is 10.7 Å². The lowest BCUT2D eigenvalue weighted by molar-refractivity contribution is -0.384. The van der Waals surface area contributed by atoms with Gasteiger partial charge in [0.15, 0.2) is 0 Å². The summed E-state index contributed by atoms with van der Waals surface area (Å²) in [4.78, 5) is 28.9. The summed E-state index contributed by atoms with van der Waals surface area (Å²) in [7, 11) is 0. The van der Waals surface area contributed by atoms with Crippen LogP contribution < -0.4 is 5.01 Å². The highest BCUT2D eigenvalue weighted by atomic mass is 79.9. The van der Waals surface area contributed by atoms with Crippen LogP contribution in [0.5, 0.6) is 0 Å². The Balaban J connectivity index is 1.66. The highest BCUT2D eigenvalue weighted by molar-refractivity contribution is 9.10. The summed E-state index contributed by atoms with van der Waals surface area (Å²) in [6, 6.07) is 15.5. The van der Waals surface area contributed by atoms with Crippen LogP contribution in [0.4, 0.5) is 10.8 Å². The number of anilines is 1. The summed E-state index contributed by atoms with van der Waals surface area (Å²) in [5.74, 6) is -0.419. The van der Waals surface area contributed by atoms with E-state index in [1.54, 1.807) is 18.3 Å². The van der Waals surface area contributed by atoms with Gasteiger partial charge >= 0.3 is 0 Å². The van der Waals surface area contributed by atoms with Crippen molar-refractivity contribution in [2.75, 3.05) is 5.01 Å². The number of nitrogens with zero attached hydrogens (tertiary/aromatic N) is 4. The number of non-ortho nitro benzene ring substituents is 1. The Bertz CT molecular complexity index is 1320. The van der Waals surface area contributed by atoms with Gasteiger partial charge in [-0.05, 0) is 41.3 Å². The van der Waals surface area contributed by atoms with E-state index in [4.69, 9.17) is 0 Å². The van der Waals surface area contributed by atoms with E-state index in [0.717, 1.165) is 19.6 Å². The van der Waals surface area contributed by atoms with E-state index in [-0.39, 0.29) is 5.69 Å². The van der Waals surface area contributed by atoms with Gasteiger partial charge in [0.2, 0.25) is 5.13 Å². The summed E-state index contributed by atoms with van der Waals surface area (Å²) >= 11 is 6.29. The van der Waals surface area contributed by atoms with Gasteiger partial charge in [-0.1, -0.05) is 45.5 Å². The third kappa shape index (κ3) is 5.10. The molecule has 0 unspecified atom stereocenters. The fourth-order valence-electron chi connectivity index (χ4n) is 2.64. The van der Waals surface area contributed by atoms with E-state index in [1.165, 1.54) is 52.0 Å². The average Bonchev–Trinajstić information content (AvgIpc) is 3.42. The lowest BCUT2D eigenvalue weighted by atomic mass is 10.2. The molecule has 0 atom stereocenters. The molecule has 2 heterocycles. The molecule has 0 fully saturated rings. The van der Waals surface area contributed by atoms with Crippen LogP contribution in [0.2, 0.25) is 0 Å². The molecule has 0 aliphatic carbocycles. The van der Waals surface area contributed by atoms with Crippen molar-refractivity contribution in [1.82, 2.24) is 4.98 Å². The minimum atomic E-state index is -0.476. The van der Waals surface area contributed by atoms with Crippen molar-refractivity contribution >= 4 is 77.8 Å². The summed E-state index contributed by atoms with van der Waals surface area (Å²) in [5.41, 5.74) is 1.26. The fraction of sp³-hybridized carbons (Fsp3) is 0. The molecule has 0 N–H and O–H groups in total. The van der Waals surface area contributed by atoms with Crippen LogP contribution in [0.25, 0.3) is 16.3 Å². The number of carbonyl (C=O) groups excluding carboxylic acids is 1. The number of hydrazone groups is 1. The second-order valence-electron chi connectivity index (χ2n) is 6.20. The van der Waals surface area contributed by atoms with Gasteiger partial charge in [0, 0.05) is 27.6 Å². The number of aromatic nitrogens is 1. The van der Waals surface area contributed by atoms with Crippen molar-refractivity contribution in [2.24, 2.45) is 5.10 Å². The van der Waals surface area contributed by atoms with Crippen molar-refractivity contribution in [3.8, 4) is 0 Å². The van der Waals surface area contributed by atoms with Crippen LogP contribution in [0.3, 0.4) is 0 Å². The highest BCUT2D eigenvalue weighted by Crippen LogP contribution is 2.31. The first kappa shape index (κ1) is 21.0. The number of halogens is 1. The number of nitro benzene ring substituents is 1. The van der Waals surface area contributed by atoms with Gasteiger partial charge in [-0.25, -0.2) is 4.98 Å². The van der Waals surface area contributed by atoms with Crippen LogP contribution in [-0.4, -0.2) is 22.0 Å². The summed E-state index contributed by atoms with van der Waals surface area (Å²) < 4.78 is 1.83. The van der Waals surface area contributed by atoms with Crippen LogP contribution in [0, 0.1) is 10.1 Å². The van der Waals surface area contributed by atoms with Crippen molar-refractivity contribution in [1.29, 1.82) is 0 Å². The molecule has 4 rings (SSSR count). The van der Waals surface area contributed by atoms with Gasteiger partial charge in [-0.2, -0.15) is 10.1 Å². The average molecular weight is 513 g/mol. The predicted octanol–water partition coefficient (Wildman–Crippen LogP) is 6.11. The number of benzene rings is 2.